The standard InChI is InChI=1S/C18H32N2/c1-8-16(9-2)20(7)17-11-10-14(3)12-15(17)13-19-18(4,5)6/h10-12,16,19H,8-9,13H2,1-7H3. The molecule has 0 spiro atoms. The van der Waals surface area contributed by atoms with Gasteiger partial charge in [-0.2, -0.15) is 0 Å². The van der Waals surface area contributed by atoms with E-state index in [-0.39, 0.29) is 5.54 Å². The molecule has 20 heavy (non-hydrogen) atoms. The molecular weight excluding hydrogens is 244 g/mol. The van der Waals surface area contributed by atoms with Crippen LogP contribution >= 0.6 is 0 Å². The fourth-order valence-corrected chi connectivity index (χ4v) is 2.59. The van der Waals surface area contributed by atoms with Gasteiger partial charge in [-0.1, -0.05) is 31.5 Å². The van der Waals surface area contributed by atoms with Crippen LogP contribution in [0.5, 0.6) is 0 Å². The third kappa shape index (κ3) is 4.82. The summed E-state index contributed by atoms with van der Waals surface area (Å²) >= 11 is 0. The molecule has 0 heterocycles. The minimum Gasteiger partial charge on any atom is -0.371 e. The Bertz CT molecular complexity index is 414. The predicted molar refractivity (Wildman–Crippen MR) is 90.5 cm³/mol. The van der Waals surface area contributed by atoms with E-state index in [1.165, 1.54) is 29.7 Å². The lowest BCUT2D eigenvalue weighted by atomic mass is 10.0. The van der Waals surface area contributed by atoms with Crippen LogP contribution in [0.4, 0.5) is 5.69 Å². The van der Waals surface area contributed by atoms with Gasteiger partial charge in [0.1, 0.15) is 0 Å². The molecule has 1 N–H and O–H groups in total. The summed E-state index contributed by atoms with van der Waals surface area (Å²) in [4.78, 5) is 2.44. The summed E-state index contributed by atoms with van der Waals surface area (Å²) in [5.74, 6) is 0. The van der Waals surface area contributed by atoms with Crippen molar-refractivity contribution in [2.75, 3.05) is 11.9 Å². The summed E-state index contributed by atoms with van der Waals surface area (Å²) in [6.07, 6.45) is 2.38. The van der Waals surface area contributed by atoms with Crippen LogP contribution in [-0.4, -0.2) is 18.6 Å². The van der Waals surface area contributed by atoms with Gasteiger partial charge in [-0.15, -0.1) is 0 Å². The maximum Gasteiger partial charge on any atom is 0.0411 e. The van der Waals surface area contributed by atoms with Gasteiger partial charge in [0.15, 0.2) is 0 Å². The molecule has 2 heteroatoms. The molecule has 1 rings (SSSR count). The summed E-state index contributed by atoms with van der Waals surface area (Å²) in [6, 6.07) is 7.42. The molecule has 2 nitrogen and oxygen atoms in total. The molecule has 0 fully saturated rings. The number of aryl methyl sites for hydroxylation is 1. The van der Waals surface area contributed by atoms with Crippen molar-refractivity contribution in [2.24, 2.45) is 0 Å². The largest absolute Gasteiger partial charge is 0.371 e. The molecule has 0 aliphatic rings. The van der Waals surface area contributed by atoms with Crippen LogP contribution in [0.1, 0.15) is 58.6 Å². The number of benzene rings is 1. The van der Waals surface area contributed by atoms with Gasteiger partial charge in [0.05, 0.1) is 0 Å². The Morgan fingerprint density at radius 2 is 1.75 bits per heavy atom. The molecule has 0 aliphatic carbocycles. The molecule has 0 saturated heterocycles. The van der Waals surface area contributed by atoms with E-state index in [2.05, 4.69) is 77.0 Å². The highest BCUT2D eigenvalue weighted by Gasteiger charge is 2.16. The average molecular weight is 276 g/mol. The summed E-state index contributed by atoms with van der Waals surface area (Å²) in [5, 5.41) is 3.61. The molecular formula is C18H32N2. The minimum atomic E-state index is 0.147. The smallest absolute Gasteiger partial charge is 0.0411 e. The molecule has 0 unspecified atom stereocenters. The van der Waals surface area contributed by atoms with Gasteiger partial charge in [-0.3, -0.25) is 0 Å². The van der Waals surface area contributed by atoms with Gasteiger partial charge in [0, 0.05) is 30.9 Å². The van der Waals surface area contributed by atoms with Gasteiger partial charge >= 0.3 is 0 Å². The summed E-state index contributed by atoms with van der Waals surface area (Å²) in [6.45, 7) is 14.3. The third-order valence-electron chi connectivity index (χ3n) is 3.91. The summed E-state index contributed by atoms with van der Waals surface area (Å²) in [5.41, 5.74) is 4.24. The lowest BCUT2D eigenvalue weighted by molar-refractivity contribution is 0.424. The fraction of sp³-hybridized carbons (Fsp3) is 0.667. The van der Waals surface area contributed by atoms with Crippen molar-refractivity contribution in [3.63, 3.8) is 0 Å². The Balaban J connectivity index is 3.00. The highest BCUT2D eigenvalue weighted by Crippen LogP contribution is 2.25. The maximum absolute atomic E-state index is 3.61. The molecule has 0 atom stereocenters. The van der Waals surface area contributed by atoms with Crippen molar-refractivity contribution in [3.05, 3.63) is 29.3 Å². The first-order chi connectivity index (χ1) is 9.28. The first-order valence-electron chi connectivity index (χ1n) is 7.85. The van der Waals surface area contributed by atoms with Crippen LogP contribution < -0.4 is 10.2 Å². The number of anilines is 1. The zero-order chi connectivity index (χ0) is 15.3. The summed E-state index contributed by atoms with van der Waals surface area (Å²) in [7, 11) is 2.23. The van der Waals surface area contributed by atoms with Crippen molar-refractivity contribution in [3.8, 4) is 0 Å². The Morgan fingerprint density at radius 3 is 2.25 bits per heavy atom. The first kappa shape index (κ1) is 17.0. The zero-order valence-corrected chi connectivity index (χ0v) is 14.4. The monoisotopic (exact) mass is 276 g/mol. The molecule has 0 bridgehead atoms. The van der Waals surface area contributed by atoms with E-state index in [0.29, 0.717) is 6.04 Å². The summed E-state index contributed by atoms with van der Waals surface area (Å²) < 4.78 is 0. The van der Waals surface area contributed by atoms with E-state index in [1.54, 1.807) is 0 Å². The van der Waals surface area contributed by atoms with Gasteiger partial charge in [-0.05, 0) is 52.2 Å². The number of nitrogens with zero attached hydrogens (tertiary/aromatic N) is 1. The van der Waals surface area contributed by atoms with Crippen LogP contribution in [0.25, 0.3) is 0 Å². The van der Waals surface area contributed by atoms with Gasteiger partial charge in [-0.25, -0.2) is 0 Å². The van der Waals surface area contributed by atoms with E-state index in [0.717, 1.165) is 6.54 Å². The van der Waals surface area contributed by atoms with Crippen molar-refractivity contribution >= 4 is 5.69 Å². The second kappa shape index (κ2) is 7.12. The normalized spacial score (nSPS) is 12.0. The Labute approximate surface area is 125 Å². The number of hydrogen-bond donors (Lipinski definition) is 1. The Hall–Kier alpha value is -1.02. The van der Waals surface area contributed by atoms with Gasteiger partial charge < -0.3 is 10.2 Å². The molecule has 0 aromatic heterocycles. The van der Waals surface area contributed by atoms with Crippen molar-refractivity contribution in [1.29, 1.82) is 0 Å². The van der Waals surface area contributed by atoms with Crippen molar-refractivity contribution in [1.82, 2.24) is 5.32 Å². The molecule has 0 aliphatic heterocycles. The third-order valence-corrected chi connectivity index (χ3v) is 3.91. The average Bonchev–Trinajstić information content (AvgIpc) is 2.37. The van der Waals surface area contributed by atoms with Crippen molar-refractivity contribution in [2.45, 2.75) is 72.5 Å². The molecule has 1 aromatic carbocycles. The van der Waals surface area contributed by atoms with Crippen LogP contribution in [0.2, 0.25) is 0 Å². The Morgan fingerprint density at radius 1 is 1.15 bits per heavy atom. The molecule has 1 aromatic rings. The van der Waals surface area contributed by atoms with Crippen molar-refractivity contribution < 1.29 is 0 Å². The van der Waals surface area contributed by atoms with Crippen LogP contribution in [-0.2, 0) is 6.54 Å². The van der Waals surface area contributed by atoms with Crippen LogP contribution in [0.3, 0.4) is 0 Å². The molecule has 0 amide bonds. The van der Waals surface area contributed by atoms with Crippen LogP contribution in [0.15, 0.2) is 18.2 Å². The number of hydrogen-bond acceptors (Lipinski definition) is 2. The van der Waals surface area contributed by atoms with Gasteiger partial charge in [0.25, 0.3) is 0 Å². The molecule has 0 radical (unpaired) electrons. The molecule has 114 valence electrons. The zero-order valence-electron chi connectivity index (χ0n) is 14.4. The van der Waals surface area contributed by atoms with E-state index in [4.69, 9.17) is 0 Å². The number of rotatable bonds is 6. The lowest BCUT2D eigenvalue weighted by Gasteiger charge is -2.31. The lowest BCUT2D eigenvalue weighted by Crippen LogP contribution is -2.36. The first-order valence-corrected chi connectivity index (χ1v) is 7.85. The minimum absolute atomic E-state index is 0.147. The second-order valence-corrected chi connectivity index (χ2v) is 6.82. The van der Waals surface area contributed by atoms with Gasteiger partial charge in [0.2, 0.25) is 0 Å². The van der Waals surface area contributed by atoms with E-state index >= 15 is 0 Å². The highest BCUT2D eigenvalue weighted by atomic mass is 15.1. The highest BCUT2D eigenvalue weighted by molar-refractivity contribution is 5.55. The quantitative estimate of drug-likeness (QED) is 0.822. The van der Waals surface area contributed by atoms with E-state index in [9.17, 15) is 0 Å². The van der Waals surface area contributed by atoms with Crippen LogP contribution in [0, 0.1) is 6.92 Å². The maximum atomic E-state index is 3.61. The van der Waals surface area contributed by atoms with E-state index in [1.807, 2.05) is 0 Å². The second-order valence-electron chi connectivity index (χ2n) is 6.82. The fourth-order valence-electron chi connectivity index (χ4n) is 2.59. The number of nitrogens with one attached hydrogen (secondary N) is 1. The molecule has 0 saturated carbocycles. The Kier molecular flexibility index (Phi) is 6.07. The van der Waals surface area contributed by atoms with E-state index < -0.39 is 0 Å². The predicted octanol–water partition coefficient (Wildman–Crippen LogP) is 4.51. The SMILES string of the molecule is CCC(CC)N(C)c1ccc(C)cc1CNC(C)(C)C. The topological polar surface area (TPSA) is 15.3 Å².